The van der Waals surface area contributed by atoms with Crippen molar-refractivity contribution >= 4 is 22.7 Å². The van der Waals surface area contributed by atoms with Crippen LogP contribution in [0.3, 0.4) is 0 Å². The second-order valence-electron chi connectivity index (χ2n) is 10.4. The summed E-state index contributed by atoms with van der Waals surface area (Å²) in [6.45, 7) is 10.9. The van der Waals surface area contributed by atoms with Gasteiger partial charge >= 0.3 is 0 Å². The third-order valence-electron chi connectivity index (χ3n) is 8.46. The van der Waals surface area contributed by atoms with Gasteiger partial charge in [0.25, 0.3) is 0 Å². The fourth-order valence-electron chi connectivity index (χ4n) is 6.76. The molecule has 0 spiro atoms. The number of H-pyrrole nitrogens is 1. The van der Waals surface area contributed by atoms with Gasteiger partial charge in [0.05, 0.1) is 12.0 Å². The number of fused-ring (bicyclic) bond motifs is 10. The molecular weight excluding hydrogens is 450 g/mol. The summed E-state index contributed by atoms with van der Waals surface area (Å²) >= 11 is 0. The lowest BCUT2D eigenvalue weighted by Crippen LogP contribution is -2.49. The molecule has 0 radical (unpaired) electrons. The Balaban J connectivity index is 1.47. The zero-order chi connectivity index (χ0) is 25.1. The normalized spacial score (nSPS) is 18.2. The monoisotopic (exact) mass is 481 g/mol. The molecule has 1 N–H and O–H groups in total. The van der Waals surface area contributed by atoms with E-state index >= 15 is 0 Å². The Morgan fingerprint density at radius 3 is 2.57 bits per heavy atom. The van der Waals surface area contributed by atoms with E-state index in [2.05, 4.69) is 119 Å². The van der Waals surface area contributed by atoms with Crippen LogP contribution >= 0.6 is 0 Å². The van der Waals surface area contributed by atoms with Crippen molar-refractivity contribution in [1.29, 1.82) is 0 Å². The highest BCUT2D eigenvalue weighted by atomic mass is 15.0. The van der Waals surface area contributed by atoms with Gasteiger partial charge < -0.3 is 4.98 Å². The Hall–Kier alpha value is -4.24. The van der Waals surface area contributed by atoms with Crippen LogP contribution in [0.2, 0.25) is 0 Å². The molecule has 3 nitrogen and oxygen atoms in total. The number of rotatable bonds is 1. The number of hydrogen-bond acceptors (Lipinski definition) is 0. The molecule has 7 rings (SSSR count). The van der Waals surface area contributed by atoms with Gasteiger partial charge in [0.1, 0.15) is 0 Å². The van der Waals surface area contributed by atoms with Gasteiger partial charge in [-0.25, -0.2) is 0 Å². The zero-order valence-corrected chi connectivity index (χ0v) is 21.2. The first kappa shape index (κ1) is 22.0. The molecule has 0 fully saturated rings. The summed E-state index contributed by atoms with van der Waals surface area (Å²) in [4.78, 5) is 3.61. The average Bonchev–Trinajstić information content (AvgIpc) is 3.25. The van der Waals surface area contributed by atoms with E-state index in [0.29, 0.717) is 12.0 Å². The van der Waals surface area contributed by atoms with E-state index in [4.69, 9.17) is 0 Å². The molecule has 2 atom stereocenters. The predicted molar refractivity (Wildman–Crippen MR) is 151 cm³/mol. The lowest BCUT2D eigenvalue weighted by Gasteiger charge is -2.31. The van der Waals surface area contributed by atoms with Crippen molar-refractivity contribution in [2.45, 2.75) is 38.1 Å². The quantitative estimate of drug-likeness (QED) is 0.245. The fourth-order valence-corrected chi connectivity index (χ4v) is 6.76. The number of benzene rings is 2. The van der Waals surface area contributed by atoms with Gasteiger partial charge in [0, 0.05) is 57.9 Å². The van der Waals surface area contributed by atoms with Crippen molar-refractivity contribution in [3.05, 3.63) is 121 Å². The first-order valence-corrected chi connectivity index (χ1v) is 13.2. The molecule has 0 aliphatic carbocycles. The van der Waals surface area contributed by atoms with Gasteiger partial charge in [-0.2, -0.15) is 9.13 Å². The van der Waals surface area contributed by atoms with Crippen LogP contribution in [-0.4, -0.2) is 4.98 Å². The average molecular weight is 482 g/mol. The maximum atomic E-state index is 4.65. The number of nitrogens with zero attached hydrogens (tertiary/aromatic N) is 2. The second kappa shape index (κ2) is 8.41. The zero-order valence-electron chi connectivity index (χ0n) is 21.2. The topological polar surface area (TPSA) is 23.5 Å². The third kappa shape index (κ3) is 3.34. The molecule has 5 aromatic rings. The Morgan fingerprint density at radius 1 is 0.919 bits per heavy atom. The highest BCUT2D eigenvalue weighted by molar-refractivity contribution is 5.94. The summed E-state index contributed by atoms with van der Waals surface area (Å²) in [5, 5.41) is 1.23. The number of aromatic amines is 1. The molecule has 2 aliphatic heterocycles. The SMILES string of the molecule is C=Cc1c(C)[nH]c2cc3c(cc12)-c1cccc[n+]1C(=C)CC1C(CC3)c2ccccc2-c2cccc[n+]21. The van der Waals surface area contributed by atoms with Gasteiger partial charge in [-0.1, -0.05) is 30.9 Å². The van der Waals surface area contributed by atoms with Crippen LogP contribution in [0.1, 0.15) is 47.2 Å². The molecule has 3 heteroatoms. The number of hydrogen-bond donors (Lipinski definition) is 1. The van der Waals surface area contributed by atoms with Gasteiger partial charge in [-0.3, -0.25) is 0 Å². The molecule has 5 heterocycles. The van der Waals surface area contributed by atoms with E-state index in [0.717, 1.165) is 30.7 Å². The van der Waals surface area contributed by atoms with Crippen molar-refractivity contribution in [3.8, 4) is 22.5 Å². The maximum Gasteiger partial charge on any atom is 0.218 e. The Bertz CT molecular complexity index is 1720. The first-order valence-electron chi connectivity index (χ1n) is 13.2. The highest BCUT2D eigenvalue weighted by Crippen LogP contribution is 2.44. The largest absolute Gasteiger partial charge is 0.358 e. The maximum absolute atomic E-state index is 4.65. The molecule has 0 amide bonds. The van der Waals surface area contributed by atoms with Crippen LogP contribution in [0.4, 0.5) is 0 Å². The molecule has 0 bridgehead atoms. The van der Waals surface area contributed by atoms with Gasteiger partial charge in [0.15, 0.2) is 24.1 Å². The standard InChI is InChI=1S/C34H30N3/c1-4-25-23(3)35-31-20-24-15-16-28-26-11-5-6-12-27(26)32-13-8-10-18-37(32)34(28)19-22(2)36-17-9-7-14-33(36)29(24)21-30(25)31/h4-14,17-18,20-21,28,34H,1-2,15-16,19H2,3H3/q+1/p+1. The van der Waals surface area contributed by atoms with E-state index in [1.807, 2.05) is 6.08 Å². The molecule has 2 unspecified atom stereocenters. The number of aromatic nitrogens is 3. The van der Waals surface area contributed by atoms with Gasteiger partial charge in [-0.15, -0.1) is 0 Å². The summed E-state index contributed by atoms with van der Waals surface area (Å²) < 4.78 is 4.81. The van der Waals surface area contributed by atoms with Crippen LogP contribution < -0.4 is 9.13 Å². The molecule has 2 aromatic carbocycles. The van der Waals surface area contributed by atoms with Crippen LogP contribution in [0.15, 0.2) is 98.3 Å². The summed E-state index contributed by atoms with van der Waals surface area (Å²) in [6, 6.07) is 27.1. The Labute approximate surface area is 218 Å². The third-order valence-corrected chi connectivity index (χ3v) is 8.46. The highest BCUT2D eigenvalue weighted by Gasteiger charge is 2.42. The van der Waals surface area contributed by atoms with E-state index in [-0.39, 0.29) is 0 Å². The minimum atomic E-state index is 0.310. The van der Waals surface area contributed by atoms with Crippen LogP contribution in [0, 0.1) is 6.92 Å². The molecule has 180 valence electrons. The van der Waals surface area contributed by atoms with E-state index in [1.54, 1.807) is 0 Å². The minimum absolute atomic E-state index is 0.310. The minimum Gasteiger partial charge on any atom is -0.358 e. The Kier molecular flexibility index (Phi) is 5.00. The molecule has 3 aromatic heterocycles. The van der Waals surface area contributed by atoms with Crippen molar-refractivity contribution in [1.82, 2.24) is 4.98 Å². The van der Waals surface area contributed by atoms with Gasteiger partial charge in [0.2, 0.25) is 11.4 Å². The summed E-state index contributed by atoms with van der Waals surface area (Å²) in [5.74, 6) is 0.399. The Morgan fingerprint density at radius 2 is 1.70 bits per heavy atom. The van der Waals surface area contributed by atoms with Crippen molar-refractivity contribution < 1.29 is 9.13 Å². The lowest BCUT2D eigenvalue weighted by atomic mass is 9.77. The second-order valence-corrected chi connectivity index (χ2v) is 10.4. The van der Waals surface area contributed by atoms with Crippen molar-refractivity contribution in [2.24, 2.45) is 0 Å². The summed E-state index contributed by atoms with van der Waals surface area (Å²) in [7, 11) is 0. The van der Waals surface area contributed by atoms with E-state index in [1.165, 1.54) is 50.1 Å². The van der Waals surface area contributed by atoms with Gasteiger partial charge in [-0.05, 0) is 67.8 Å². The van der Waals surface area contributed by atoms with Crippen LogP contribution in [0.5, 0.6) is 0 Å². The number of aryl methyl sites for hydroxylation is 2. The number of pyridine rings is 2. The van der Waals surface area contributed by atoms with Crippen molar-refractivity contribution in [3.63, 3.8) is 0 Å². The van der Waals surface area contributed by atoms with E-state index in [9.17, 15) is 0 Å². The number of nitrogens with one attached hydrogen (secondary N) is 1. The van der Waals surface area contributed by atoms with Crippen LogP contribution in [-0.2, 0) is 6.42 Å². The molecule has 2 aliphatic rings. The molecule has 0 saturated heterocycles. The summed E-state index contributed by atoms with van der Waals surface area (Å²) in [6.07, 6.45) is 9.38. The van der Waals surface area contributed by atoms with E-state index < -0.39 is 0 Å². The lowest BCUT2D eigenvalue weighted by molar-refractivity contribution is -0.720. The molecule has 37 heavy (non-hydrogen) atoms. The van der Waals surface area contributed by atoms with Crippen LogP contribution in [0.25, 0.3) is 45.2 Å². The smallest absolute Gasteiger partial charge is 0.218 e. The predicted octanol–water partition coefficient (Wildman–Crippen LogP) is 7.17. The first-order chi connectivity index (χ1) is 18.1. The molecular formula is C34H31N3+2. The fraction of sp³-hybridized carbons (Fsp3) is 0.176. The number of allylic oxidation sites excluding steroid dienone is 1. The summed E-state index contributed by atoms with van der Waals surface area (Å²) in [5.41, 5.74) is 12.6. The molecule has 0 saturated carbocycles. The van der Waals surface area contributed by atoms with Crippen molar-refractivity contribution in [2.75, 3.05) is 0 Å².